The van der Waals surface area contributed by atoms with Gasteiger partial charge in [0.15, 0.2) is 0 Å². The second-order valence-electron chi connectivity index (χ2n) is 8.14. The molecule has 1 atom stereocenters. The molecule has 6 nitrogen and oxygen atoms in total. The van der Waals surface area contributed by atoms with Crippen molar-refractivity contribution in [2.45, 2.75) is 44.4 Å². The summed E-state index contributed by atoms with van der Waals surface area (Å²) in [5.74, 6) is 1.16. The van der Waals surface area contributed by atoms with Gasteiger partial charge in [0.2, 0.25) is 15.9 Å². The van der Waals surface area contributed by atoms with Crippen molar-refractivity contribution in [1.82, 2.24) is 9.21 Å². The Bertz CT molecular complexity index is 740. The van der Waals surface area contributed by atoms with Gasteiger partial charge in [-0.3, -0.25) is 9.69 Å². The highest BCUT2D eigenvalue weighted by molar-refractivity contribution is 7.89. The summed E-state index contributed by atoms with van der Waals surface area (Å²) in [6.45, 7) is 7.84. The summed E-state index contributed by atoms with van der Waals surface area (Å²) in [5, 5.41) is 2.88. The molecule has 0 aliphatic carbocycles. The lowest BCUT2D eigenvalue weighted by Gasteiger charge is -2.30. The van der Waals surface area contributed by atoms with E-state index in [2.05, 4.69) is 24.1 Å². The highest BCUT2D eigenvalue weighted by Gasteiger charge is 2.28. The van der Waals surface area contributed by atoms with Gasteiger partial charge in [-0.25, -0.2) is 8.42 Å². The van der Waals surface area contributed by atoms with Crippen molar-refractivity contribution in [1.29, 1.82) is 0 Å². The highest BCUT2D eigenvalue weighted by atomic mass is 32.2. The molecule has 150 valence electrons. The molecule has 1 aromatic carbocycles. The Morgan fingerprint density at radius 1 is 1.04 bits per heavy atom. The molecule has 1 amide bonds. The molecule has 27 heavy (non-hydrogen) atoms. The van der Waals surface area contributed by atoms with E-state index < -0.39 is 10.0 Å². The highest BCUT2D eigenvalue weighted by Crippen LogP contribution is 2.24. The maximum absolute atomic E-state index is 12.8. The van der Waals surface area contributed by atoms with Gasteiger partial charge in [-0.1, -0.05) is 13.8 Å². The Kier molecular flexibility index (Phi) is 6.55. The third-order valence-electron chi connectivity index (χ3n) is 5.63. The van der Waals surface area contributed by atoms with Crippen LogP contribution in [-0.4, -0.2) is 56.3 Å². The minimum absolute atomic E-state index is 0.0512. The predicted octanol–water partition coefficient (Wildman–Crippen LogP) is 2.78. The zero-order valence-electron chi connectivity index (χ0n) is 16.4. The second kappa shape index (κ2) is 8.71. The van der Waals surface area contributed by atoms with Gasteiger partial charge in [0.1, 0.15) is 0 Å². The number of hydrogen-bond donors (Lipinski definition) is 1. The molecule has 2 aliphatic rings. The van der Waals surface area contributed by atoms with Crippen LogP contribution in [0, 0.1) is 11.8 Å². The SMILES string of the molecule is CC1CCN(S(=O)(=O)c2ccc(NC(=O)CN3CCC[C@@H](C)C3)cc2)CC1. The standard InChI is InChI=1S/C20H31N3O3S/c1-16-9-12-23(13-10-16)27(25,26)19-7-5-18(6-8-19)21-20(24)15-22-11-3-4-17(2)14-22/h5-8,16-17H,3-4,9-15H2,1-2H3,(H,21,24)/t17-/m1/s1. The molecule has 2 fully saturated rings. The Morgan fingerprint density at radius 3 is 2.33 bits per heavy atom. The molecule has 2 aliphatic heterocycles. The number of sulfonamides is 1. The normalized spacial score (nSPS) is 23.3. The molecule has 0 saturated carbocycles. The largest absolute Gasteiger partial charge is 0.325 e. The Hall–Kier alpha value is -1.44. The van der Waals surface area contributed by atoms with E-state index in [0.29, 0.717) is 42.1 Å². The molecular formula is C20H31N3O3S. The Labute approximate surface area is 163 Å². The minimum atomic E-state index is -3.45. The first-order chi connectivity index (χ1) is 12.8. The molecule has 3 rings (SSSR count). The minimum Gasteiger partial charge on any atom is -0.325 e. The van der Waals surface area contributed by atoms with E-state index in [-0.39, 0.29) is 5.91 Å². The monoisotopic (exact) mass is 393 g/mol. The predicted molar refractivity (Wildman–Crippen MR) is 107 cm³/mol. The van der Waals surface area contributed by atoms with Gasteiger partial charge >= 0.3 is 0 Å². The summed E-state index contributed by atoms with van der Waals surface area (Å²) in [6.07, 6.45) is 4.17. The van der Waals surface area contributed by atoms with Crippen LogP contribution in [0.15, 0.2) is 29.2 Å². The van der Waals surface area contributed by atoms with Crippen LogP contribution in [0.3, 0.4) is 0 Å². The maximum atomic E-state index is 12.8. The number of likely N-dealkylation sites (tertiary alicyclic amines) is 1. The smallest absolute Gasteiger partial charge is 0.243 e. The quantitative estimate of drug-likeness (QED) is 0.835. The topological polar surface area (TPSA) is 69.7 Å². The van der Waals surface area contributed by atoms with Gasteiger partial charge in [0.05, 0.1) is 11.4 Å². The number of amides is 1. The third kappa shape index (κ3) is 5.30. The lowest BCUT2D eigenvalue weighted by Crippen LogP contribution is -2.39. The summed E-state index contributed by atoms with van der Waals surface area (Å²) in [6, 6.07) is 6.53. The fraction of sp³-hybridized carbons (Fsp3) is 0.650. The van der Waals surface area contributed by atoms with Crippen LogP contribution in [0.2, 0.25) is 0 Å². The molecule has 2 heterocycles. The van der Waals surface area contributed by atoms with E-state index in [4.69, 9.17) is 0 Å². The summed E-state index contributed by atoms with van der Waals surface area (Å²) in [5.41, 5.74) is 0.635. The van der Waals surface area contributed by atoms with E-state index in [0.717, 1.165) is 32.4 Å². The van der Waals surface area contributed by atoms with Crippen LogP contribution in [-0.2, 0) is 14.8 Å². The zero-order chi connectivity index (χ0) is 19.4. The number of anilines is 1. The molecular weight excluding hydrogens is 362 g/mol. The average molecular weight is 394 g/mol. The van der Waals surface area contributed by atoms with E-state index >= 15 is 0 Å². The number of benzene rings is 1. The van der Waals surface area contributed by atoms with Crippen molar-refractivity contribution in [2.24, 2.45) is 11.8 Å². The van der Waals surface area contributed by atoms with Crippen molar-refractivity contribution in [3.05, 3.63) is 24.3 Å². The lowest BCUT2D eigenvalue weighted by molar-refractivity contribution is -0.117. The first-order valence-electron chi connectivity index (χ1n) is 9.97. The van der Waals surface area contributed by atoms with Crippen molar-refractivity contribution in [3.63, 3.8) is 0 Å². The van der Waals surface area contributed by atoms with Gasteiger partial charge in [-0.15, -0.1) is 0 Å². The van der Waals surface area contributed by atoms with Gasteiger partial charge in [0, 0.05) is 25.3 Å². The summed E-state index contributed by atoms with van der Waals surface area (Å²) < 4.78 is 27.1. The molecule has 0 unspecified atom stereocenters. The molecule has 0 spiro atoms. The van der Waals surface area contributed by atoms with Crippen LogP contribution in [0.4, 0.5) is 5.69 Å². The van der Waals surface area contributed by atoms with Gasteiger partial charge in [0.25, 0.3) is 0 Å². The Balaban J connectivity index is 1.57. The molecule has 1 aromatic rings. The molecule has 7 heteroatoms. The number of nitrogens with one attached hydrogen (secondary N) is 1. The maximum Gasteiger partial charge on any atom is 0.243 e. The number of carbonyl (C=O) groups is 1. The van der Waals surface area contributed by atoms with Crippen molar-refractivity contribution in [3.8, 4) is 0 Å². The van der Waals surface area contributed by atoms with E-state index in [9.17, 15) is 13.2 Å². The number of hydrogen-bond acceptors (Lipinski definition) is 4. The second-order valence-corrected chi connectivity index (χ2v) is 10.1. The molecule has 2 saturated heterocycles. The molecule has 0 radical (unpaired) electrons. The third-order valence-corrected chi connectivity index (χ3v) is 7.54. The molecule has 1 N–H and O–H groups in total. The summed E-state index contributed by atoms with van der Waals surface area (Å²) in [4.78, 5) is 14.7. The Morgan fingerprint density at radius 2 is 1.70 bits per heavy atom. The summed E-state index contributed by atoms with van der Waals surface area (Å²) >= 11 is 0. The lowest BCUT2D eigenvalue weighted by atomic mass is 10.0. The van der Waals surface area contributed by atoms with Crippen LogP contribution in [0.5, 0.6) is 0 Å². The molecule has 0 bridgehead atoms. The van der Waals surface area contributed by atoms with E-state index in [1.807, 2.05) is 0 Å². The number of rotatable bonds is 5. The fourth-order valence-corrected chi connectivity index (χ4v) is 5.39. The van der Waals surface area contributed by atoms with Crippen LogP contribution < -0.4 is 5.32 Å². The average Bonchev–Trinajstić information content (AvgIpc) is 2.62. The number of nitrogens with zero attached hydrogens (tertiary/aromatic N) is 2. The zero-order valence-corrected chi connectivity index (χ0v) is 17.2. The molecule has 0 aromatic heterocycles. The van der Waals surface area contributed by atoms with Gasteiger partial charge in [-0.05, 0) is 68.3 Å². The van der Waals surface area contributed by atoms with E-state index in [1.165, 1.54) is 6.42 Å². The van der Waals surface area contributed by atoms with Crippen LogP contribution in [0.1, 0.15) is 39.5 Å². The van der Waals surface area contributed by atoms with Gasteiger partial charge < -0.3 is 5.32 Å². The van der Waals surface area contributed by atoms with Crippen molar-refractivity contribution >= 4 is 21.6 Å². The van der Waals surface area contributed by atoms with Crippen molar-refractivity contribution in [2.75, 3.05) is 38.0 Å². The van der Waals surface area contributed by atoms with Crippen LogP contribution >= 0.6 is 0 Å². The van der Waals surface area contributed by atoms with Crippen LogP contribution in [0.25, 0.3) is 0 Å². The van der Waals surface area contributed by atoms with Gasteiger partial charge in [-0.2, -0.15) is 4.31 Å². The van der Waals surface area contributed by atoms with Crippen molar-refractivity contribution < 1.29 is 13.2 Å². The fourth-order valence-electron chi connectivity index (χ4n) is 3.92. The number of carbonyl (C=O) groups excluding carboxylic acids is 1. The first kappa shape index (κ1) is 20.3. The first-order valence-corrected chi connectivity index (χ1v) is 11.4. The van der Waals surface area contributed by atoms with E-state index in [1.54, 1.807) is 28.6 Å². The summed E-state index contributed by atoms with van der Waals surface area (Å²) in [7, 11) is -3.45. The number of piperidine rings is 2.